The molecule has 0 spiro atoms. The van der Waals surface area contributed by atoms with Gasteiger partial charge in [-0.25, -0.2) is 4.98 Å². The molecule has 0 saturated heterocycles. The third-order valence-corrected chi connectivity index (χ3v) is 2.68. The monoisotopic (exact) mass is 287 g/mol. The Kier molecular flexibility index (Phi) is 4.65. The highest BCUT2D eigenvalue weighted by molar-refractivity contribution is 6.02. The van der Waals surface area contributed by atoms with E-state index in [9.17, 15) is 9.59 Å². The lowest BCUT2D eigenvalue weighted by Crippen LogP contribution is -2.27. The van der Waals surface area contributed by atoms with Crippen molar-refractivity contribution in [2.45, 2.75) is 20.4 Å². The van der Waals surface area contributed by atoms with E-state index in [4.69, 9.17) is 0 Å². The molecule has 2 amide bonds. The Labute approximate surface area is 122 Å². The Morgan fingerprint density at radius 3 is 2.81 bits per heavy atom. The fraction of sp³-hybridized carbons (Fsp3) is 0.286. The predicted octanol–water partition coefficient (Wildman–Crippen LogP) is 0.975. The smallest absolute Gasteiger partial charge is 0.275 e. The van der Waals surface area contributed by atoms with Crippen molar-refractivity contribution in [2.24, 2.45) is 0 Å². The van der Waals surface area contributed by atoms with Gasteiger partial charge in [-0.1, -0.05) is 6.07 Å². The first-order valence-electron chi connectivity index (χ1n) is 6.63. The minimum absolute atomic E-state index is 0.117. The lowest BCUT2D eigenvalue weighted by Gasteiger charge is -2.03. The van der Waals surface area contributed by atoms with Gasteiger partial charge >= 0.3 is 0 Å². The summed E-state index contributed by atoms with van der Waals surface area (Å²) in [5.41, 5.74) is 1.10. The van der Waals surface area contributed by atoms with Crippen molar-refractivity contribution in [3.63, 3.8) is 0 Å². The molecule has 0 atom stereocenters. The standard InChI is InChI=1S/C14H17N5O2/c1-3-15-13(20)9-19-8-7-12(18-19)17-14(21)11-6-4-5-10(2)16-11/h4-8H,3,9H2,1-2H3,(H,15,20)(H,17,18,21). The number of anilines is 1. The molecule has 2 N–H and O–H groups in total. The second-order valence-corrected chi connectivity index (χ2v) is 4.47. The third-order valence-electron chi connectivity index (χ3n) is 2.68. The molecule has 21 heavy (non-hydrogen) atoms. The van der Waals surface area contributed by atoms with Crippen LogP contribution >= 0.6 is 0 Å². The van der Waals surface area contributed by atoms with E-state index >= 15 is 0 Å². The third kappa shape index (κ3) is 4.13. The fourth-order valence-electron chi connectivity index (χ4n) is 1.77. The van der Waals surface area contributed by atoms with Crippen LogP contribution in [0.1, 0.15) is 23.1 Å². The van der Waals surface area contributed by atoms with Crippen LogP contribution in [-0.2, 0) is 11.3 Å². The van der Waals surface area contributed by atoms with Crippen LogP contribution in [-0.4, -0.2) is 33.1 Å². The number of hydrogen-bond acceptors (Lipinski definition) is 4. The molecule has 0 bridgehead atoms. The van der Waals surface area contributed by atoms with E-state index in [0.717, 1.165) is 5.69 Å². The Hall–Kier alpha value is -2.70. The SMILES string of the molecule is CCNC(=O)Cn1ccc(NC(=O)c2cccc(C)n2)n1. The number of hydrogen-bond donors (Lipinski definition) is 2. The highest BCUT2D eigenvalue weighted by Gasteiger charge is 2.10. The van der Waals surface area contributed by atoms with Crippen molar-refractivity contribution < 1.29 is 9.59 Å². The van der Waals surface area contributed by atoms with Crippen molar-refractivity contribution in [1.82, 2.24) is 20.1 Å². The number of aromatic nitrogens is 3. The van der Waals surface area contributed by atoms with Crippen LogP contribution in [0.5, 0.6) is 0 Å². The zero-order valence-electron chi connectivity index (χ0n) is 12.0. The molecule has 7 heteroatoms. The van der Waals surface area contributed by atoms with Gasteiger partial charge in [0.1, 0.15) is 12.2 Å². The van der Waals surface area contributed by atoms with E-state index in [0.29, 0.717) is 18.1 Å². The summed E-state index contributed by atoms with van der Waals surface area (Å²) in [5, 5.41) is 9.44. The molecular formula is C14H17N5O2. The molecule has 2 aromatic heterocycles. The molecule has 0 aliphatic rings. The average Bonchev–Trinajstić information content (AvgIpc) is 2.86. The van der Waals surface area contributed by atoms with Gasteiger partial charge in [-0.2, -0.15) is 5.10 Å². The normalized spacial score (nSPS) is 10.2. The van der Waals surface area contributed by atoms with Crippen molar-refractivity contribution in [3.8, 4) is 0 Å². The first-order valence-corrected chi connectivity index (χ1v) is 6.63. The summed E-state index contributed by atoms with van der Waals surface area (Å²) in [7, 11) is 0. The van der Waals surface area contributed by atoms with Gasteiger partial charge in [-0.05, 0) is 26.0 Å². The number of carbonyl (C=O) groups is 2. The van der Waals surface area contributed by atoms with Crippen LogP contribution in [0.15, 0.2) is 30.5 Å². The summed E-state index contributed by atoms with van der Waals surface area (Å²) >= 11 is 0. The van der Waals surface area contributed by atoms with E-state index in [2.05, 4.69) is 20.7 Å². The molecular weight excluding hydrogens is 270 g/mol. The van der Waals surface area contributed by atoms with Crippen molar-refractivity contribution in [3.05, 3.63) is 41.9 Å². The highest BCUT2D eigenvalue weighted by atomic mass is 16.2. The fourth-order valence-corrected chi connectivity index (χ4v) is 1.77. The lowest BCUT2D eigenvalue weighted by molar-refractivity contribution is -0.121. The number of pyridine rings is 1. The number of amides is 2. The molecule has 2 heterocycles. The first-order chi connectivity index (χ1) is 10.1. The van der Waals surface area contributed by atoms with E-state index in [-0.39, 0.29) is 18.4 Å². The first kappa shape index (κ1) is 14.7. The van der Waals surface area contributed by atoms with Gasteiger partial charge in [-0.3, -0.25) is 14.3 Å². The highest BCUT2D eigenvalue weighted by Crippen LogP contribution is 2.06. The number of carbonyl (C=O) groups excluding carboxylic acids is 2. The average molecular weight is 287 g/mol. The minimum Gasteiger partial charge on any atom is -0.355 e. The van der Waals surface area contributed by atoms with E-state index in [1.165, 1.54) is 4.68 Å². The molecule has 0 aliphatic carbocycles. The van der Waals surface area contributed by atoms with Gasteiger partial charge in [0.2, 0.25) is 5.91 Å². The summed E-state index contributed by atoms with van der Waals surface area (Å²) in [6, 6.07) is 6.85. The van der Waals surface area contributed by atoms with Crippen molar-refractivity contribution in [2.75, 3.05) is 11.9 Å². The molecule has 0 unspecified atom stereocenters. The number of rotatable bonds is 5. The molecule has 0 fully saturated rings. The molecule has 110 valence electrons. The molecule has 7 nitrogen and oxygen atoms in total. The quantitative estimate of drug-likeness (QED) is 0.857. The van der Waals surface area contributed by atoms with Gasteiger partial charge in [0.25, 0.3) is 5.91 Å². The summed E-state index contributed by atoms with van der Waals surface area (Å²) in [6.45, 7) is 4.36. The molecule has 0 aromatic carbocycles. The summed E-state index contributed by atoms with van der Waals surface area (Å²) in [4.78, 5) is 27.6. The topological polar surface area (TPSA) is 88.9 Å². The lowest BCUT2D eigenvalue weighted by atomic mass is 10.3. The van der Waals surface area contributed by atoms with Crippen LogP contribution in [0.4, 0.5) is 5.82 Å². The number of nitrogens with one attached hydrogen (secondary N) is 2. The molecule has 0 saturated carbocycles. The zero-order valence-corrected chi connectivity index (χ0v) is 12.0. The maximum absolute atomic E-state index is 12.0. The van der Waals surface area contributed by atoms with Crippen LogP contribution < -0.4 is 10.6 Å². The van der Waals surface area contributed by atoms with E-state index in [1.54, 1.807) is 24.4 Å². The maximum atomic E-state index is 12.0. The van der Waals surface area contributed by atoms with Gasteiger partial charge in [0.05, 0.1) is 0 Å². The van der Waals surface area contributed by atoms with Gasteiger partial charge in [-0.15, -0.1) is 0 Å². The summed E-state index contributed by atoms with van der Waals surface area (Å²) in [5.74, 6) is -0.0756. The molecule has 0 aliphatic heterocycles. The molecule has 2 aromatic rings. The number of nitrogens with zero attached hydrogens (tertiary/aromatic N) is 3. The van der Waals surface area contributed by atoms with Crippen LogP contribution in [0.25, 0.3) is 0 Å². The Morgan fingerprint density at radius 1 is 1.29 bits per heavy atom. The molecule has 0 radical (unpaired) electrons. The van der Waals surface area contributed by atoms with Gasteiger partial charge in [0, 0.05) is 24.5 Å². The Morgan fingerprint density at radius 2 is 2.10 bits per heavy atom. The van der Waals surface area contributed by atoms with Crippen molar-refractivity contribution in [1.29, 1.82) is 0 Å². The van der Waals surface area contributed by atoms with E-state index < -0.39 is 0 Å². The molecule has 2 rings (SSSR count). The van der Waals surface area contributed by atoms with Crippen LogP contribution in [0, 0.1) is 6.92 Å². The Bertz CT molecular complexity index is 650. The van der Waals surface area contributed by atoms with E-state index in [1.807, 2.05) is 19.9 Å². The second kappa shape index (κ2) is 6.65. The summed E-state index contributed by atoms with van der Waals surface area (Å²) in [6.07, 6.45) is 1.63. The predicted molar refractivity (Wildman–Crippen MR) is 77.8 cm³/mol. The maximum Gasteiger partial charge on any atom is 0.275 e. The zero-order chi connectivity index (χ0) is 15.2. The largest absolute Gasteiger partial charge is 0.355 e. The number of likely N-dealkylation sites (N-methyl/N-ethyl adjacent to an activating group) is 1. The number of aryl methyl sites for hydroxylation is 1. The second-order valence-electron chi connectivity index (χ2n) is 4.47. The minimum atomic E-state index is -0.332. The van der Waals surface area contributed by atoms with Gasteiger partial charge in [0.15, 0.2) is 5.82 Å². The van der Waals surface area contributed by atoms with Gasteiger partial charge < -0.3 is 10.6 Å². The van der Waals surface area contributed by atoms with Crippen LogP contribution in [0.2, 0.25) is 0 Å². The summed E-state index contributed by atoms with van der Waals surface area (Å²) < 4.78 is 1.46. The van der Waals surface area contributed by atoms with Crippen molar-refractivity contribution >= 4 is 17.6 Å². The Balaban J connectivity index is 1.99. The van der Waals surface area contributed by atoms with Crippen LogP contribution in [0.3, 0.4) is 0 Å².